The van der Waals surface area contributed by atoms with E-state index in [0.717, 1.165) is 11.8 Å². The van der Waals surface area contributed by atoms with Crippen LogP contribution in [0.15, 0.2) is 53.4 Å². The molecular formula is C16H10FNO2S2. The van der Waals surface area contributed by atoms with Crippen LogP contribution in [-0.2, 0) is 4.79 Å². The summed E-state index contributed by atoms with van der Waals surface area (Å²) in [6.45, 7) is 0. The molecule has 2 aromatic carbocycles. The maximum absolute atomic E-state index is 13.2. The molecule has 0 spiro atoms. The second-order valence-corrected chi connectivity index (χ2v) is 6.27. The van der Waals surface area contributed by atoms with Crippen LogP contribution in [0.5, 0.6) is 5.75 Å². The van der Waals surface area contributed by atoms with Gasteiger partial charge < -0.3 is 5.11 Å². The summed E-state index contributed by atoms with van der Waals surface area (Å²) in [5, 5.41) is 9.53. The standard InChI is InChI=1S/C16H10FNO2S2/c17-11-4-1-3-10(7-11)8-14-15(20)18(16(21)22-14)12-5-2-6-13(19)9-12/h1-9,19H/b14-8+. The molecule has 3 nitrogen and oxygen atoms in total. The molecule has 1 saturated heterocycles. The van der Waals surface area contributed by atoms with Gasteiger partial charge in [-0.2, -0.15) is 0 Å². The molecule has 1 aliphatic heterocycles. The Labute approximate surface area is 136 Å². The van der Waals surface area contributed by atoms with Crippen LogP contribution >= 0.6 is 24.0 Å². The second kappa shape index (κ2) is 5.90. The zero-order valence-electron chi connectivity index (χ0n) is 11.2. The minimum absolute atomic E-state index is 0.0562. The maximum atomic E-state index is 13.2. The average Bonchev–Trinajstić information content (AvgIpc) is 2.73. The van der Waals surface area contributed by atoms with Gasteiger partial charge in [0.05, 0.1) is 10.6 Å². The number of hydrogen-bond acceptors (Lipinski definition) is 4. The summed E-state index contributed by atoms with van der Waals surface area (Å²) in [6.07, 6.45) is 1.60. The number of phenols is 1. The van der Waals surface area contributed by atoms with E-state index in [1.54, 1.807) is 30.3 Å². The molecule has 0 aromatic heterocycles. The lowest BCUT2D eigenvalue weighted by atomic mass is 10.2. The van der Waals surface area contributed by atoms with Gasteiger partial charge in [0.15, 0.2) is 4.32 Å². The number of thiocarbonyl (C=S) groups is 1. The number of carbonyl (C=O) groups excluding carboxylic acids is 1. The fourth-order valence-electron chi connectivity index (χ4n) is 2.07. The summed E-state index contributed by atoms with van der Waals surface area (Å²) in [7, 11) is 0. The van der Waals surface area contributed by atoms with Crippen molar-refractivity contribution in [3.8, 4) is 5.75 Å². The van der Waals surface area contributed by atoms with Gasteiger partial charge in [-0.05, 0) is 35.9 Å². The first-order valence-corrected chi connectivity index (χ1v) is 7.59. The number of benzene rings is 2. The molecule has 22 heavy (non-hydrogen) atoms. The number of rotatable bonds is 2. The normalized spacial score (nSPS) is 16.6. The summed E-state index contributed by atoms with van der Waals surface area (Å²) in [5.41, 5.74) is 1.10. The first-order valence-electron chi connectivity index (χ1n) is 6.37. The van der Waals surface area contributed by atoms with E-state index in [1.165, 1.54) is 29.2 Å². The number of carbonyl (C=O) groups is 1. The highest BCUT2D eigenvalue weighted by molar-refractivity contribution is 8.27. The predicted molar refractivity (Wildman–Crippen MR) is 90.2 cm³/mol. The van der Waals surface area contributed by atoms with Crippen LogP contribution in [0.1, 0.15) is 5.56 Å². The summed E-state index contributed by atoms with van der Waals surface area (Å²) < 4.78 is 13.6. The Morgan fingerprint density at radius 3 is 2.68 bits per heavy atom. The molecule has 0 unspecified atom stereocenters. The zero-order valence-corrected chi connectivity index (χ0v) is 12.8. The lowest BCUT2D eigenvalue weighted by Gasteiger charge is -2.14. The minimum atomic E-state index is -0.364. The average molecular weight is 331 g/mol. The molecule has 0 aliphatic carbocycles. The van der Waals surface area contributed by atoms with Gasteiger partial charge in [-0.15, -0.1) is 0 Å². The summed E-state index contributed by atoms with van der Waals surface area (Å²) in [5.74, 6) is -0.595. The predicted octanol–water partition coefficient (Wildman–Crippen LogP) is 3.94. The van der Waals surface area contributed by atoms with E-state index in [-0.39, 0.29) is 17.5 Å². The van der Waals surface area contributed by atoms with E-state index >= 15 is 0 Å². The van der Waals surface area contributed by atoms with Crippen LogP contribution in [0.4, 0.5) is 10.1 Å². The third-order valence-corrected chi connectivity index (χ3v) is 4.33. The van der Waals surface area contributed by atoms with E-state index in [1.807, 2.05) is 0 Å². The molecule has 0 bridgehead atoms. The first-order chi connectivity index (χ1) is 10.5. The monoisotopic (exact) mass is 331 g/mol. The third kappa shape index (κ3) is 2.88. The molecule has 1 amide bonds. The summed E-state index contributed by atoms with van der Waals surface area (Å²) in [6, 6.07) is 12.3. The fraction of sp³-hybridized carbons (Fsp3) is 0. The number of amides is 1. The van der Waals surface area contributed by atoms with Crippen LogP contribution in [0.25, 0.3) is 6.08 Å². The molecule has 6 heteroatoms. The van der Waals surface area contributed by atoms with Gasteiger partial charge in [0, 0.05) is 6.07 Å². The first kappa shape index (κ1) is 14.7. The van der Waals surface area contributed by atoms with Gasteiger partial charge in [0.2, 0.25) is 0 Å². The van der Waals surface area contributed by atoms with E-state index in [4.69, 9.17) is 12.2 Å². The Hall–Kier alpha value is -2.18. The Kier molecular flexibility index (Phi) is 3.96. The van der Waals surface area contributed by atoms with Crippen molar-refractivity contribution in [1.29, 1.82) is 0 Å². The van der Waals surface area contributed by atoms with E-state index in [2.05, 4.69) is 0 Å². The molecule has 0 radical (unpaired) electrons. The molecule has 3 rings (SSSR count). The van der Waals surface area contributed by atoms with Crippen LogP contribution in [-0.4, -0.2) is 15.3 Å². The van der Waals surface area contributed by atoms with Crippen LogP contribution < -0.4 is 4.90 Å². The topological polar surface area (TPSA) is 40.5 Å². The minimum Gasteiger partial charge on any atom is -0.508 e. The highest BCUT2D eigenvalue weighted by Crippen LogP contribution is 2.36. The third-order valence-electron chi connectivity index (χ3n) is 3.03. The lowest BCUT2D eigenvalue weighted by molar-refractivity contribution is -0.113. The highest BCUT2D eigenvalue weighted by atomic mass is 32.2. The Morgan fingerprint density at radius 1 is 1.18 bits per heavy atom. The van der Waals surface area contributed by atoms with Crippen LogP contribution in [0.2, 0.25) is 0 Å². The number of phenolic OH excluding ortho intramolecular Hbond substituents is 1. The number of hydrogen-bond donors (Lipinski definition) is 1. The number of thioether (sulfide) groups is 1. The molecule has 1 heterocycles. The van der Waals surface area contributed by atoms with E-state index < -0.39 is 0 Å². The van der Waals surface area contributed by atoms with Crippen LogP contribution in [0.3, 0.4) is 0 Å². The highest BCUT2D eigenvalue weighted by Gasteiger charge is 2.33. The maximum Gasteiger partial charge on any atom is 0.270 e. The van der Waals surface area contributed by atoms with Gasteiger partial charge in [-0.25, -0.2) is 4.39 Å². The number of nitrogens with zero attached hydrogens (tertiary/aromatic N) is 1. The molecule has 110 valence electrons. The van der Waals surface area contributed by atoms with Crippen molar-refractivity contribution in [2.24, 2.45) is 0 Å². The smallest absolute Gasteiger partial charge is 0.270 e. The molecule has 0 atom stereocenters. The fourth-order valence-corrected chi connectivity index (χ4v) is 3.37. The lowest BCUT2D eigenvalue weighted by Crippen LogP contribution is -2.27. The van der Waals surface area contributed by atoms with Crippen molar-refractivity contribution in [2.75, 3.05) is 4.90 Å². The van der Waals surface area contributed by atoms with E-state index in [0.29, 0.717) is 20.5 Å². The number of anilines is 1. The van der Waals surface area contributed by atoms with Crippen molar-refractivity contribution in [1.82, 2.24) is 0 Å². The zero-order chi connectivity index (χ0) is 15.7. The van der Waals surface area contributed by atoms with E-state index in [9.17, 15) is 14.3 Å². The molecule has 0 saturated carbocycles. The van der Waals surface area contributed by atoms with Crippen molar-refractivity contribution < 1.29 is 14.3 Å². The quantitative estimate of drug-likeness (QED) is 0.668. The summed E-state index contributed by atoms with van der Waals surface area (Å²) >= 11 is 6.38. The Balaban J connectivity index is 1.95. The van der Waals surface area contributed by atoms with Crippen molar-refractivity contribution >= 4 is 46.0 Å². The largest absolute Gasteiger partial charge is 0.508 e. The van der Waals surface area contributed by atoms with Gasteiger partial charge in [0.1, 0.15) is 11.6 Å². The van der Waals surface area contributed by atoms with Crippen molar-refractivity contribution in [3.63, 3.8) is 0 Å². The van der Waals surface area contributed by atoms with Gasteiger partial charge in [0.25, 0.3) is 5.91 Å². The second-order valence-electron chi connectivity index (χ2n) is 4.59. The molecule has 1 N–H and O–H groups in total. The molecule has 1 fully saturated rings. The molecule has 2 aromatic rings. The van der Waals surface area contributed by atoms with Crippen molar-refractivity contribution in [2.45, 2.75) is 0 Å². The SMILES string of the molecule is O=C1/C(=C\c2cccc(F)c2)SC(=S)N1c1cccc(O)c1. The molecular weight excluding hydrogens is 321 g/mol. The van der Waals surface area contributed by atoms with Crippen molar-refractivity contribution in [3.05, 3.63) is 64.8 Å². The number of aromatic hydroxyl groups is 1. The number of halogens is 1. The summed E-state index contributed by atoms with van der Waals surface area (Å²) in [4.78, 5) is 14.3. The van der Waals surface area contributed by atoms with Gasteiger partial charge >= 0.3 is 0 Å². The Morgan fingerprint density at radius 2 is 1.95 bits per heavy atom. The van der Waals surface area contributed by atoms with Gasteiger partial charge in [-0.3, -0.25) is 9.69 Å². The Bertz CT molecular complexity index is 804. The molecule has 1 aliphatic rings. The van der Waals surface area contributed by atoms with Crippen LogP contribution in [0, 0.1) is 5.82 Å². The van der Waals surface area contributed by atoms with Gasteiger partial charge in [-0.1, -0.05) is 42.2 Å².